The summed E-state index contributed by atoms with van der Waals surface area (Å²) in [4.78, 5) is 6.79. The second-order valence-electron chi connectivity index (χ2n) is 5.48. The van der Waals surface area contributed by atoms with Crippen LogP contribution in [-0.2, 0) is 11.3 Å². The van der Waals surface area contributed by atoms with E-state index in [9.17, 15) is 10.2 Å². The van der Waals surface area contributed by atoms with Gasteiger partial charge in [0.2, 0.25) is 0 Å². The molecule has 0 aliphatic carbocycles. The maximum absolute atomic E-state index is 9.65. The highest BCUT2D eigenvalue weighted by atomic mass is 16.5. The zero-order chi connectivity index (χ0) is 14.8. The first kappa shape index (κ1) is 14.3. The number of ether oxygens (including phenoxy) is 1. The predicted octanol–water partition coefficient (Wildman–Crippen LogP) is 1.31. The molecule has 0 amide bonds. The van der Waals surface area contributed by atoms with E-state index in [0.717, 1.165) is 22.3 Å². The van der Waals surface area contributed by atoms with Crippen LogP contribution in [0, 0.1) is 0 Å². The van der Waals surface area contributed by atoms with E-state index < -0.39 is 0 Å². The van der Waals surface area contributed by atoms with Gasteiger partial charge in [0, 0.05) is 24.0 Å². The van der Waals surface area contributed by atoms with Crippen molar-refractivity contribution in [1.29, 1.82) is 0 Å². The average molecular weight is 288 g/mol. The van der Waals surface area contributed by atoms with E-state index in [4.69, 9.17) is 9.72 Å². The van der Waals surface area contributed by atoms with Crippen molar-refractivity contribution in [2.45, 2.75) is 25.7 Å². The lowest BCUT2D eigenvalue weighted by Gasteiger charge is -2.37. The summed E-state index contributed by atoms with van der Waals surface area (Å²) in [7, 11) is 0. The Morgan fingerprint density at radius 2 is 2.10 bits per heavy atom. The maximum Gasteiger partial charge on any atom is 0.135 e. The van der Waals surface area contributed by atoms with Gasteiger partial charge in [-0.15, -0.1) is 0 Å². The SMILES string of the molecule is CC1CN(c2nc3ccccc3cc2CO)CC(CO)O1. The smallest absolute Gasteiger partial charge is 0.135 e. The fourth-order valence-electron chi connectivity index (χ4n) is 2.86. The maximum atomic E-state index is 9.65. The summed E-state index contributed by atoms with van der Waals surface area (Å²) in [6.45, 7) is 3.20. The Morgan fingerprint density at radius 1 is 1.29 bits per heavy atom. The van der Waals surface area contributed by atoms with Crippen LogP contribution in [0.4, 0.5) is 5.82 Å². The molecule has 2 atom stereocenters. The largest absolute Gasteiger partial charge is 0.394 e. The van der Waals surface area contributed by atoms with Gasteiger partial charge in [0.05, 0.1) is 30.9 Å². The van der Waals surface area contributed by atoms with Crippen LogP contribution in [0.15, 0.2) is 30.3 Å². The quantitative estimate of drug-likeness (QED) is 0.891. The number of rotatable bonds is 3. The number of fused-ring (bicyclic) bond motifs is 1. The van der Waals surface area contributed by atoms with Crippen molar-refractivity contribution in [3.8, 4) is 0 Å². The molecule has 0 saturated carbocycles. The van der Waals surface area contributed by atoms with Gasteiger partial charge in [0.15, 0.2) is 0 Å². The molecule has 2 N–H and O–H groups in total. The van der Waals surface area contributed by atoms with Crippen molar-refractivity contribution >= 4 is 16.7 Å². The van der Waals surface area contributed by atoms with Crippen LogP contribution in [0.3, 0.4) is 0 Å². The molecule has 0 radical (unpaired) electrons. The molecule has 3 rings (SSSR count). The number of hydrogen-bond acceptors (Lipinski definition) is 5. The number of nitrogens with zero attached hydrogens (tertiary/aromatic N) is 2. The first-order valence-electron chi connectivity index (χ1n) is 7.22. The number of anilines is 1. The Morgan fingerprint density at radius 3 is 2.86 bits per heavy atom. The van der Waals surface area contributed by atoms with Crippen molar-refractivity contribution < 1.29 is 14.9 Å². The number of hydrogen-bond donors (Lipinski definition) is 2. The third-order valence-electron chi connectivity index (χ3n) is 3.78. The highest BCUT2D eigenvalue weighted by molar-refractivity contribution is 5.81. The second kappa shape index (κ2) is 5.97. The predicted molar refractivity (Wildman–Crippen MR) is 81.3 cm³/mol. The molecule has 2 unspecified atom stereocenters. The van der Waals surface area contributed by atoms with Crippen molar-refractivity contribution in [3.05, 3.63) is 35.9 Å². The van der Waals surface area contributed by atoms with Crippen LogP contribution in [0.25, 0.3) is 10.9 Å². The summed E-state index contributed by atoms with van der Waals surface area (Å²) in [5, 5.41) is 20.0. The van der Waals surface area contributed by atoms with Gasteiger partial charge < -0.3 is 19.8 Å². The number of aliphatic hydroxyl groups is 2. The highest BCUT2D eigenvalue weighted by Gasteiger charge is 2.27. The fraction of sp³-hybridized carbons (Fsp3) is 0.438. The number of aliphatic hydroxyl groups excluding tert-OH is 2. The van der Waals surface area contributed by atoms with Crippen molar-refractivity contribution in [3.63, 3.8) is 0 Å². The topological polar surface area (TPSA) is 65.8 Å². The number of pyridine rings is 1. The number of morpholine rings is 1. The molecule has 1 saturated heterocycles. The van der Waals surface area contributed by atoms with Gasteiger partial charge in [-0.1, -0.05) is 18.2 Å². The van der Waals surface area contributed by atoms with Crippen LogP contribution >= 0.6 is 0 Å². The minimum absolute atomic E-state index is 0.0110. The van der Waals surface area contributed by atoms with Crippen LogP contribution in [0.1, 0.15) is 12.5 Å². The van der Waals surface area contributed by atoms with Gasteiger partial charge in [0.25, 0.3) is 0 Å². The molecule has 1 aromatic carbocycles. The third-order valence-corrected chi connectivity index (χ3v) is 3.78. The Kier molecular flexibility index (Phi) is 4.05. The van der Waals surface area contributed by atoms with Gasteiger partial charge >= 0.3 is 0 Å². The number of para-hydroxylation sites is 1. The second-order valence-corrected chi connectivity index (χ2v) is 5.48. The molecular weight excluding hydrogens is 268 g/mol. The average Bonchev–Trinajstić information content (AvgIpc) is 2.52. The standard InChI is InChI=1S/C16H20N2O3/c1-11-7-18(8-14(10-20)21-11)16-13(9-19)6-12-4-2-3-5-15(12)17-16/h2-6,11,14,19-20H,7-10H2,1H3. The Labute approximate surface area is 123 Å². The number of benzene rings is 1. The van der Waals surface area contributed by atoms with Crippen molar-refractivity contribution in [1.82, 2.24) is 4.98 Å². The minimum atomic E-state index is -0.214. The van der Waals surface area contributed by atoms with E-state index in [1.165, 1.54) is 0 Å². The normalized spacial score (nSPS) is 22.7. The summed E-state index contributed by atoms with van der Waals surface area (Å²) < 4.78 is 5.67. The van der Waals surface area contributed by atoms with Crippen molar-refractivity contribution in [2.24, 2.45) is 0 Å². The molecule has 1 aromatic heterocycles. The van der Waals surface area contributed by atoms with Crippen molar-refractivity contribution in [2.75, 3.05) is 24.6 Å². The van der Waals surface area contributed by atoms with Crippen LogP contribution in [0.2, 0.25) is 0 Å². The van der Waals surface area contributed by atoms with Gasteiger partial charge in [-0.2, -0.15) is 0 Å². The molecular formula is C16H20N2O3. The molecule has 2 heterocycles. The molecule has 1 aliphatic rings. The van der Waals surface area contributed by atoms with E-state index in [0.29, 0.717) is 13.1 Å². The lowest BCUT2D eigenvalue weighted by Crippen LogP contribution is -2.48. The summed E-state index contributed by atoms with van der Waals surface area (Å²) in [6.07, 6.45) is -0.190. The van der Waals surface area contributed by atoms with Crippen LogP contribution in [0.5, 0.6) is 0 Å². The highest BCUT2D eigenvalue weighted by Crippen LogP contribution is 2.26. The van der Waals surface area contributed by atoms with Crippen LogP contribution in [-0.4, -0.2) is 47.1 Å². The number of aromatic nitrogens is 1. The lowest BCUT2D eigenvalue weighted by molar-refractivity contribution is -0.0423. The van der Waals surface area contributed by atoms with E-state index in [1.807, 2.05) is 37.3 Å². The van der Waals surface area contributed by atoms with Gasteiger partial charge in [-0.3, -0.25) is 0 Å². The Bertz CT molecular complexity index is 632. The van der Waals surface area contributed by atoms with E-state index in [2.05, 4.69) is 4.90 Å². The summed E-state index contributed by atoms with van der Waals surface area (Å²) in [5.41, 5.74) is 1.71. The Hall–Kier alpha value is -1.69. The van der Waals surface area contributed by atoms with E-state index in [1.54, 1.807) is 0 Å². The molecule has 112 valence electrons. The first-order valence-corrected chi connectivity index (χ1v) is 7.22. The lowest BCUT2D eigenvalue weighted by atomic mass is 10.1. The molecule has 21 heavy (non-hydrogen) atoms. The molecule has 5 nitrogen and oxygen atoms in total. The van der Waals surface area contributed by atoms with Crippen LogP contribution < -0.4 is 4.90 Å². The van der Waals surface area contributed by atoms with Gasteiger partial charge in [-0.25, -0.2) is 4.98 Å². The summed E-state index contributed by atoms with van der Waals surface area (Å²) >= 11 is 0. The molecule has 1 aliphatic heterocycles. The summed E-state index contributed by atoms with van der Waals surface area (Å²) in [6, 6.07) is 9.85. The van der Waals surface area contributed by atoms with E-state index >= 15 is 0 Å². The Balaban J connectivity index is 2.01. The zero-order valence-corrected chi connectivity index (χ0v) is 12.1. The zero-order valence-electron chi connectivity index (χ0n) is 12.1. The summed E-state index contributed by atoms with van der Waals surface area (Å²) in [5.74, 6) is 0.782. The molecule has 2 aromatic rings. The van der Waals surface area contributed by atoms with E-state index in [-0.39, 0.29) is 25.4 Å². The van der Waals surface area contributed by atoms with Gasteiger partial charge in [0.1, 0.15) is 5.82 Å². The molecule has 5 heteroatoms. The molecule has 0 bridgehead atoms. The first-order chi connectivity index (χ1) is 10.2. The molecule has 0 spiro atoms. The monoisotopic (exact) mass is 288 g/mol. The molecule has 1 fully saturated rings. The fourth-order valence-corrected chi connectivity index (χ4v) is 2.86. The van der Waals surface area contributed by atoms with Gasteiger partial charge in [-0.05, 0) is 19.1 Å². The third kappa shape index (κ3) is 2.85. The minimum Gasteiger partial charge on any atom is -0.394 e.